The molecule has 0 bridgehead atoms. The lowest BCUT2D eigenvalue weighted by Crippen LogP contribution is -2.15. The maximum absolute atomic E-state index is 5.44. The smallest absolute Gasteiger partial charge is 0.0205 e. The maximum atomic E-state index is 5.44. The van der Waals surface area contributed by atoms with Crippen LogP contribution in [0.1, 0.15) is 43.7 Å². The second-order valence-corrected chi connectivity index (χ2v) is 4.57. The molecule has 0 saturated heterocycles. The fraction of sp³-hybridized carbons (Fsp3) is 0.571. The number of rotatable bonds is 7. The lowest BCUT2D eigenvalue weighted by Gasteiger charge is -2.08. The SMILES string of the molecule is CC(C)c1ccc(CNCCCCN)cc1. The van der Waals surface area contributed by atoms with E-state index in [1.165, 1.54) is 17.5 Å². The number of nitrogens with one attached hydrogen (secondary N) is 1. The Kier molecular flexibility index (Phi) is 6.12. The third-order valence-corrected chi connectivity index (χ3v) is 2.78. The number of nitrogens with two attached hydrogens (primary N) is 1. The van der Waals surface area contributed by atoms with Gasteiger partial charge in [0.1, 0.15) is 0 Å². The van der Waals surface area contributed by atoms with Crippen LogP contribution in [0.2, 0.25) is 0 Å². The molecule has 1 rings (SSSR count). The van der Waals surface area contributed by atoms with Crippen molar-refractivity contribution < 1.29 is 0 Å². The first kappa shape index (κ1) is 13.2. The van der Waals surface area contributed by atoms with Gasteiger partial charge in [0.15, 0.2) is 0 Å². The molecular formula is C14H24N2. The third-order valence-electron chi connectivity index (χ3n) is 2.78. The lowest BCUT2D eigenvalue weighted by atomic mass is 10.0. The van der Waals surface area contributed by atoms with E-state index in [0.29, 0.717) is 5.92 Å². The molecule has 0 aliphatic heterocycles. The summed E-state index contributed by atoms with van der Waals surface area (Å²) in [7, 11) is 0. The van der Waals surface area contributed by atoms with Crippen molar-refractivity contribution in [3.05, 3.63) is 35.4 Å². The van der Waals surface area contributed by atoms with Gasteiger partial charge in [-0.2, -0.15) is 0 Å². The van der Waals surface area contributed by atoms with Gasteiger partial charge in [0.2, 0.25) is 0 Å². The van der Waals surface area contributed by atoms with Crippen molar-refractivity contribution in [2.24, 2.45) is 5.73 Å². The van der Waals surface area contributed by atoms with Crippen LogP contribution in [-0.2, 0) is 6.54 Å². The second kappa shape index (κ2) is 7.42. The van der Waals surface area contributed by atoms with Gasteiger partial charge >= 0.3 is 0 Å². The second-order valence-electron chi connectivity index (χ2n) is 4.57. The first-order chi connectivity index (χ1) is 7.74. The van der Waals surface area contributed by atoms with E-state index in [4.69, 9.17) is 5.73 Å². The van der Waals surface area contributed by atoms with E-state index in [-0.39, 0.29) is 0 Å². The van der Waals surface area contributed by atoms with E-state index in [9.17, 15) is 0 Å². The molecule has 0 radical (unpaired) electrons. The molecule has 0 heterocycles. The number of unbranched alkanes of at least 4 members (excludes halogenated alkanes) is 1. The first-order valence-corrected chi connectivity index (χ1v) is 6.23. The van der Waals surface area contributed by atoms with Gasteiger partial charge in [-0.1, -0.05) is 38.1 Å². The van der Waals surface area contributed by atoms with Gasteiger partial charge in [-0.05, 0) is 43.0 Å². The summed E-state index contributed by atoms with van der Waals surface area (Å²) in [4.78, 5) is 0. The molecule has 90 valence electrons. The molecule has 0 aromatic heterocycles. The van der Waals surface area contributed by atoms with Crippen molar-refractivity contribution in [1.82, 2.24) is 5.32 Å². The third kappa shape index (κ3) is 4.77. The van der Waals surface area contributed by atoms with Crippen LogP contribution in [0, 0.1) is 0 Å². The Morgan fingerprint density at radius 1 is 1.12 bits per heavy atom. The molecule has 2 heteroatoms. The van der Waals surface area contributed by atoms with Crippen LogP contribution in [0.4, 0.5) is 0 Å². The van der Waals surface area contributed by atoms with Crippen LogP contribution in [0.5, 0.6) is 0 Å². The van der Waals surface area contributed by atoms with E-state index in [1.807, 2.05) is 0 Å². The highest BCUT2D eigenvalue weighted by Crippen LogP contribution is 2.14. The van der Waals surface area contributed by atoms with Gasteiger partial charge in [-0.25, -0.2) is 0 Å². The van der Waals surface area contributed by atoms with E-state index in [2.05, 4.69) is 43.4 Å². The van der Waals surface area contributed by atoms with E-state index < -0.39 is 0 Å². The van der Waals surface area contributed by atoms with Crippen LogP contribution in [-0.4, -0.2) is 13.1 Å². The van der Waals surface area contributed by atoms with Gasteiger partial charge in [-0.15, -0.1) is 0 Å². The fourth-order valence-electron chi connectivity index (χ4n) is 1.65. The molecule has 0 atom stereocenters. The molecule has 1 aromatic rings. The van der Waals surface area contributed by atoms with Crippen LogP contribution >= 0.6 is 0 Å². The molecule has 0 unspecified atom stereocenters. The zero-order valence-electron chi connectivity index (χ0n) is 10.5. The van der Waals surface area contributed by atoms with Gasteiger partial charge in [0.05, 0.1) is 0 Å². The number of hydrogen-bond donors (Lipinski definition) is 2. The monoisotopic (exact) mass is 220 g/mol. The van der Waals surface area contributed by atoms with Crippen LogP contribution in [0.25, 0.3) is 0 Å². The Balaban J connectivity index is 2.27. The lowest BCUT2D eigenvalue weighted by molar-refractivity contribution is 0.627. The summed E-state index contributed by atoms with van der Waals surface area (Å²) in [6.45, 7) is 7.26. The van der Waals surface area contributed by atoms with Crippen molar-refractivity contribution >= 4 is 0 Å². The summed E-state index contributed by atoms with van der Waals surface area (Å²) in [5.41, 5.74) is 8.21. The first-order valence-electron chi connectivity index (χ1n) is 6.23. The molecule has 0 amide bonds. The highest BCUT2D eigenvalue weighted by atomic mass is 14.8. The Bertz CT molecular complexity index is 277. The van der Waals surface area contributed by atoms with Gasteiger partial charge in [0.25, 0.3) is 0 Å². The molecule has 0 fully saturated rings. The largest absolute Gasteiger partial charge is 0.330 e. The summed E-state index contributed by atoms with van der Waals surface area (Å²) >= 11 is 0. The average Bonchev–Trinajstić information content (AvgIpc) is 2.29. The quantitative estimate of drug-likeness (QED) is 0.693. The van der Waals surface area contributed by atoms with Crippen molar-refractivity contribution in [2.45, 2.75) is 39.2 Å². The van der Waals surface area contributed by atoms with E-state index >= 15 is 0 Å². The van der Waals surface area contributed by atoms with Gasteiger partial charge < -0.3 is 11.1 Å². The highest BCUT2D eigenvalue weighted by molar-refractivity contribution is 5.24. The summed E-state index contributed by atoms with van der Waals surface area (Å²) in [6, 6.07) is 8.87. The molecule has 0 aliphatic carbocycles. The zero-order chi connectivity index (χ0) is 11.8. The zero-order valence-corrected chi connectivity index (χ0v) is 10.5. The van der Waals surface area contributed by atoms with Crippen LogP contribution in [0.15, 0.2) is 24.3 Å². The van der Waals surface area contributed by atoms with Crippen molar-refractivity contribution in [2.75, 3.05) is 13.1 Å². The van der Waals surface area contributed by atoms with Crippen molar-refractivity contribution in [1.29, 1.82) is 0 Å². The maximum Gasteiger partial charge on any atom is 0.0205 e. The minimum atomic E-state index is 0.617. The standard InChI is InChI=1S/C14H24N2/c1-12(2)14-7-5-13(6-8-14)11-16-10-4-3-9-15/h5-8,12,16H,3-4,9-11,15H2,1-2H3. The topological polar surface area (TPSA) is 38.0 Å². The van der Waals surface area contributed by atoms with Crippen LogP contribution in [0.3, 0.4) is 0 Å². The summed E-state index contributed by atoms with van der Waals surface area (Å²) in [5, 5.41) is 3.43. The molecule has 0 saturated carbocycles. The molecule has 0 aliphatic rings. The van der Waals surface area contributed by atoms with E-state index in [1.54, 1.807) is 0 Å². The predicted octanol–water partition coefficient (Wildman–Crippen LogP) is 2.64. The van der Waals surface area contributed by atoms with Crippen molar-refractivity contribution in [3.8, 4) is 0 Å². The molecule has 2 nitrogen and oxygen atoms in total. The fourth-order valence-corrected chi connectivity index (χ4v) is 1.65. The minimum absolute atomic E-state index is 0.617. The Morgan fingerprint density at radius 3 is 2.38 bits per heavy atom. The predicted molar refractivity (Wildman–Crippen MR) is 70.5 cm³/mol. The number of hydrogen-bond acceptors (Lipinski definition) is 2. The molecule has 1 aromatic carbocycles. The molecular weight excluding hydrogens is 196 g/mol. The summed E-state index contributed by atoms with van der Waals surface area (Å²) in [5.74, 6) is 0.617. The molecule has 3 N–H and O–H groups in total. The van der Waals surface area contributed by atoms with Crippen LogP contribution < -0.4 is 11.1 Å². The number of benzene rings is 1. The molecule has 16 heavy (non-hydrogen) atoms. The summed E-state index contributed by atoms with van der Waals surface area (Å²) < 4.78 is 0. The normalized spacial score (nSPS) is 11.0. The highest BCUT2D eigenvalue weighted by Gasteiger charge is 1.98. The van der Waals surface area contributed by atoms with Gasteiger partial charge in [0, 0.05) is 6.54 Å². The van der Waals surface area contributed by atoms with Gasteiger partial charge in [-0.3, -0.25) is 0 Å². The Hall–Kier alpha value is -0.860. The Morgan fingerprint density at radius 2 is 1.81 bits per heavy atom. The Labute approximate surface area is 99.2 Å². The average molecular weight is 220 g/mol. The summed E-state index contributed by atoms with van der Waals surface area (Å²) in [6.07, 6.45) is 2.28. The van der Waals surface area contributed by atoms with E-state index in [0.717, 1.165) is 26.1 Å². The van der Waals surface area contributed by atoms with Crippen molar-refractivity contribution in [3.63, 3.8) is 0 Å². The molecule has 0 spiro atoms. The minimum Gasteiger partial charge on any atom is -0.330 e.